The van der Waals surface area contributed by atoms with Crippen LogP contribution in [0.1, 0.15) is 10.4 Å². The third kappa shape index (κ3) is 2.87. The minimum Gasteiger partial charge on any atom is -0.478 e. The highest BCUT2D eigenvalue weighted by atomic mass is 32.2. The number of aliphatic hydroxyl groups is 1. The fourth-order valence-corrected chi connectivity index (χ4v) is 1.88. The maximum atomic E-state index is 11.0. The van der Waals surface area contributed by atoms with Crippen LogP contribution in [-0.4, -0.2) is 35.6 Å². The van der Waals surface area contributed by atoms with E-state index >= 15 is 0 Å². The van der Waals surface area contributed by atoms with Crippen LogP contribution in [0.25, 0.3) is 0 Å². The lowest BCUT2D eigenvalue weighted by atomic mass is 10.2. The molecule has 5 heteroatoms. The summed E-state index contributed by atoms with van der Waals surface area (Å²) < 4.78 is 0. The number of carbonyl (C=O) groups is 1. The van der Waals surface area contributed by atoms with Crippen LogP contribution in [0, 0.1) is 0 Å². The Kier molecular flexibility index (Phi) is 4.45. The summed E-state index contributed by atoms with van der Waals surface area (Å²) >= 11 is 1.39. The SMILES string of the molecule is CSc1cccc(NCCO)c1C(=O)O. The van der Waals surface area contributed by atoms with Crippen LogP contribution >= 0.6 is 11.8 Å². The predicted molar refractivity (Wildman–Crippen MR) is 60.8 cm³/mol. The van der Waals surface area contributed by atoms with Gasteiger partial charge in [0.1, 0.15) is 0 Å². The van der Waals surface area contributed by atoms with Crippen LogP contribution in [0.5, 0.6) is 0 Å². The summed E-state index contributed by atoms with van der Waals surface area (Å²) in [7, 11) is 0. The Balaban J connectivity index is 3.07. The summed E-state index contributed by atoms with van der Waals surface area (Å²) in [4.78, 5) is 11.8. The number of benzene rings is 1. The first-order valence-corrected chi connectivity index (χ1v) is 5.68. The molecule has 3 N–H and O–H groups in total. The van der Waals surface area contributed by atoms with E-state index in [9.17, 15) is 4.79 Å². The molecule has 0 bridgehead atoms. The van der Waals surface area contributed by atoms with Gasteiger partial charge in [0.05, 0.1) is 12.2 Å². The van der Waals surface area contributed by atoms with Gasteiger partial charge in [0.25, 0.3) is 0 Å². The number of carboxylic acids is 1. The lowest BCUT2D eigenvalue weighted by Crippen LogP contribution is -2.10. The third-order valence-corrected chi connectivity index (χ3v) is 2.67. The molecule has 0 aromatic heterocycles. The molecule has 0 spiro atoms. The van der Waals surface area contributed by atoms with E-state index in [0.29, 0.717) is 17.1 Å². The van der Waals surface area contributed by atoms with Gasteiger partial charge >= 0.3 is 5.97 Å². The van der Waals surface area contributed by atoms with Crippen molar-refractivity contribution in [3.05, 3.63) is 23.8 Å². The maximum absolute atomic E-state index is 11.0. The van der Waals surface area contributed by atoms with Crippen molar-refractivity contribution in [3.8, 4) is 0 Å². The average Bonchev–Trinajstić information content (AvgIpc) is 2.25. The molecule has 15 heavy (non-hydrogen) atoms. The minimum absolute atomic E-state index is 0.0252. The molecule has 0 radical (unpaired) electrons. The van der Waals surface area contributed by atoms with Crippen molar-refractivity contribution in [3.63, 3.8) is 0 Å². The van der Waals surface area contributed by atoms with Crippen molar-refractivity contribution in [2.75, 3.05) is 24.7 Å². The number of aromatic carboxylic acids is 1. The first kappa shape index (κ1) is 11.9. The molecule has 4 nitrogen and oxygen atoms in total. The molecule has 0 unspecified atom stereocenters. The van der Waals surface area contributed by atoms with E-state index in [2.05, 4.69) is 5.32 Å². The number of aliphatic hydroxyl groups excluding tert-OH is 1. The van der Waals surface area contributed by atoms with E-state index < -0.39 is 5.97 Å². The van der Waals surface area contributed by atoms with E-state index in [1.54, 1.807) is 18.2 Å². The lowest BCUT2D eigenvalue weighted by molar-refractivity contribution is 0.0694. The molecule has 82 valence electrons. The van der Waals surface area contributed by atoms with Crippen LogP contribution in [0.3, 0.4) is 0 Å². The molecule has 0 fully saturated rings. The molecular weight excluding hydrogens is 214 g/mol. The van der Waals surface area contributed by atoms with Gasteiger partial charge in [-0.2, -0.15) is 0 Å². The summed E-state index contributed by atoms with van der Waals surface area (Å²) in [6, 6.07) is 5.25. The summed E-state index contributed by atoms with van der Waals surface area (Å²) in [5.74, 6) is -0.958. The standard InChI is InChI=1S/C10H13NO3S/c1-15-8-4-2-3-7(11-5-6-12)9(8)10(13)14/h2-4,11-12H,5-6H2,1H3,(H,13,14). The molecule has 1 aromatic carbocycles. The molecule has 0 atom stereocenters. The monoisotopic (exact) mass is 227 g/mol. The van der Waals surface area contributed by atoms with E-state index in [4.69, 9.17) is 10.2 Å². The van der Waals surface area contributed by atoms with E-state index in [0.717, 1.165) is 0 Å². The highest BCUT2D eigenvalue weighted by Crippen LogP contribution is 2.26. The Morgan fingerprint density at radius 1 is 1.53 bits per heavy atom. The van der Waals surface area contributed by atoms with Crippen LogP contribution in [0.15, 0.2) is 23.1 Å². The van der Waals surface area contributed by atoms with E-state index in [-0.39, 0.29) is 12.2 Å². The Bertz CT molecular complexity index is 355. The largest absolute Gasteiger partial charge is 0.478 e. The number of nitrogens with one attached hydrogen (secondary N) is 1. The summed E-state index contributed by atoms with van der Waals surface area (Å²) in [5.41, 5.74) is 0.807. The number of anilines is 1. The highest BCUT2D eigenvalue weighted by Gasteiger charge is 2.14. The van der Waals surface area contributed by atoms with Gasteiger partial charge < -0.3 is 15.5 Å². The molecule has 0 aliphatic heterocycles. The average molecular weight is 227 g/mol. The molecule has 1 rings (SSSR count). The van der Waals surface area contributed by atoms with E-state index in [1.165, 1.54) is 11.8 Å². The smallest absolute Gasteiger partial charge is 0.338 e. The van der Waals surface area contributed by atoms with Gasteiger partial charge in [0, 0.05) is 17.1 Å². The zero-order chi connectivity index (χ0) is 11.3. The van der Waals surface area contributed by atoms with Crippen molar-refractivity contribution in [1.29, 1.82) is 0 Å². The molecule has 0 saturated carbocycles. The fraction of sp³-hybridized carbons (Fsp3) is 0.300. The maximum Gasteiger partial charge on any atom is 0.338 e. The van der Waals surface area contributed by atoms with Gasteiger partial charge in [0.15, 0.2) is 0 Å². The van der Waals surface area contributed by atoms with Gasteiger partial charge in [-0.1, -0.05) is 6.07 Å². The minimum atomic E-state index is -0.958. The first-order chi connectivity index (χ1) is 7.20. The molecule has 0 saturated heterocycles. The Morgan fingerprint density at radius 2 is 2.27 bits per heavy atom. The Morgan fingerprint density at radius 3 is 2.80 bits per heavy atom. The van der Waals surface area contributed by atoms with Crippen LogP contribution in [0.2, 0.25) is 0 Å². The molecule has 0 aliphatic carbocycles. The van der Waals surface area contributed by atoms with Gasteiger partial charge in [-0.15, -0.1) is 11.8 Å². The number of thioether (sulfide) groups is 1. The molecule has 1 aromatic rings. The number of hydrogen-bond acceptors (Lipinski definition) is 4. The summed E-state index contributed by atoms with van der Waals surface area (Å²) in [5, 5.41) is 20.6. The van der Waals surface area contributed by atoms with Gasteiger partial charge in [-0.05, 0) is 18.4 Å². The Labute approximate surface area is 92.3 Å². The highest BCUT2D eigenvalue weighted by molar-refractivity contribution is 7.98. The van der Waals surface area contributed by atoms with Crippen molar-refractivity contribution in [1.82, 2.24) is 0 Å². The number of carboxylic acid groups (broad SMARTS) is 1. The predicted octanol–water partition coefficient (Wildman–Crippen LogP) is 1.51. The third-order valence-electron chi connectivity index (χ3n) is 1.89. The fourth-order valence-electron chi connectivity index (χ4n) is 1.26. The zero-order valence-corrected chi connectivity index (χ0v) is 9.17. The molecule has 0 amide bonds. The van der Waals surface area contributed by atoms with Gasteiger partial charge in [-0.3, -0.25) is 0 Å². The normalized spacial score (nSPS) is 10.0. The van der Waals surface area contributed by atoms with Crippen molar-refractivity contribution in [2.45, 2.75) is 4.90 Å². The summed E-state index contributed by atoms with van der Waals surface area (Å²) in [6.45, 7) is 0.320. The van der Waals surface area contributed by atoms with Gasteiger partial charge in [0.2, 0.25) is 0 Å². The van der Waals surface area contributed by atoms with Crippen molar-refractivity contribution in [2.24, 2.45) is 0 Å². The molecule has 0 heterocycles. The number of rotatable bonds is 5. The second-order valence-corrected chi connectivity index (χ2v) is 3.69. The van der Waals surface area contributed by atoms with Crippen LogP contribution in [0.4, 0.5) is 5.69 Å². The molecule has 0 aliphatic rings. The summed E-state index contributed by atoms with van der Waals surface area (Å²) in [6.07, 6.45) is 1.83. The van der Waals surface area contributed by atoms with Gasteiger partial charge in [-0.25, -0.2) is 4.79 Å². The van der Waals surface area contributed by atoms with E-state index in [1.807, 2.05) is 6.26 Å². The topological polar surface area (TPSA) is 69.6 Å². The van der Waals surface area contributed by atoms with Crippen LogP contribution < -0.4 is 5.32 Å². The lowest BCUT2D eigenvalue weighted by Gasteiger charge is -2.11. The van der Waals surface area contributed by atoms with Crippen molar-refractivity contribution < 1.29 is 15.0 Å². The quantitative estimate of drug-likeness (QED) is 0.665. The van der Waals surface area contributed by atoms with Crippen molar-refractivity contribution >= 4 is 23.4 Å². The second kappa shape index (κ2) is 5.63. The van der Waals surface area contributed by atoms with Crippen LogP contribution in [-0.2, 0) is 0 Å². The Hall–Kier alpha value is -1.20. The first-order valence-electron chi connectivity index (χ1n) is 4.45. The zero-order valence-electron chi connectivity index (χ0n) is 8.36. The number of hydrogen-bond donors (Lipinski definition) is 3. The molecular formula is C10H13NO3S. The second-order valence-electron chi connectivity index (χ2n) is 2.84.